The fourth-order valence-corrected chi connectivity index (χ4v) is 1.93. The van der Waals surface area contributed by atoms with Crippen molar-refractivity contribution in [1.29, 1.82) is 0 Å². The van der Waals surface area contributed by atoms with Gasteiger partial charge in [0.2, 0.25) is 5.91 Å². The number of carboxylic acid groups (broad SMARTS) is 1. The number of benzene rings is 1. The van der Waals surface area contributed by atoms with E-state index in [2.05, 4.69) is 0 Å². The Morgan fingerprint density at radius 1 is 1.43 bits per heavy atom. The smallest absolute Gasteiger partial charge is 0.305 e. The minimum Gasteiger partial charge on any atom is -0.481 e. The molecule has 21 heavy (non-hydrogen) atoms. The third-order valence-corrected chi connectivity index (χ3v) is 2.96. The van der Waals surface area contributed by atoms with Gasteiger partial charge in [0, 0.05) is 24.2 Å². The summed E-state index contributed by atoms with van der Waals surface area (Å²) in [5, 5.41) is 19.9. The highest BCUT2D eigenvalue weighted by molar-refractivity contribution is 5.94. The van der Waals surface area contributed by atoms with Crippen molar-refractivity contribution < 1.29 is 19.6 Å². The SMILES string of the molecule is CC(C)N(CCC(=O)O)c1cc(C(N)=O)ccc1[N+](=O)[O-]. The molecule has 3 N–H and O–H groups in total. The Morgan fingerprint density at radius 3 is 2.48 bits per heavy atom. The summed E-state index contributed by atoms with van der Waals surface area (Å²) in [6.07, 6.45) is -0.171. The van der Waals surface area contributed by atoms with E-state index in [9.17, 15) is 19.7 Å². The number of nitro benzene ring substituents is 1. The second-order valence-corrected chi connectivity index (χ2v) is 4.76. The van der Waals surface area contributed by atoms with Gasteiger partial charge in [-0.25, -0.2) is 0 Å². The molecule has 0 bridgehead atoms. The van der Waals surface area contributed by atoms with E-state index >= 15 is 0 Å². The second kappa shape index (κ2) is 6.69. The summed E-state index contributed by atoms with van der Waals surface area (Å²) in [6, 6.07) is 3.62. The number of carboxylic acids is 1. The van der Waals surface area contributed by atoms with Crippen LogP contribution in [0.4, 0.5) is 11.4 Å². The minimum atomic E-state index is -1.01. The molecule has 8 heteroatoms. The van der Waals surface area contributed by atoms with Crippen LogP contribution in [-0.2, 0) is 4.79 Å². The van der Waals surface area contributed by atoms with E-state index in [1.165, 1.54) is 18.2 Å². The van der Waals surface area contributed by atoms with Gasteiger partial charge in [-0.2, -0.15) is 0 Å². The highest BCUT2D eigenvalue weighted by atomic mass is 16.6. The van der Waals surface area contributed by atoms with Crippen molar-refractivity contribution >= 4 is 23.3 Å². The summed E-state index contributed by atoms with van der Waals surface area (Å²) in [5.74, 6) is -1.71. The van der Waals surface area contributed by atoms with Crippen LogP contribution < -0.4 is 10.6 Å². The van der Waals surface area contributed by atoms with Gasteiger partial charge in [0.05, 0.1) is 11.3 Å². The fourth-order valence-electron chi connectivity index (χ4n) is 1.93. The molecule has 0 saturated carbocycles. The van der Waals surface area contributed by atoms with Crippen LogP contribution in [0.5, 0.6) is 0 Å². The quantitative estimate of drug-likeness (QED) is 0.578. The number of hydrogen-bond acceptors (Lipinski definition) is 5. The van der Waals surface area contributed by atoms with Gasteiger partial charge in [-0.05, 0) is 26.0 Å². The fraction of sp³-hybridized carbons (Fsp3) is 0.385. The second-order valence-electron chi connectivity index (χ2n) is 4.76. The molecule has 0 fully saturated rings. The summed E-state index contributed by atoms with van der Waals surface area (Å²) in [5.41, 5.74) is 5.31. The molecule has 1 rings (SSSR count). The van der Waals surface area contributed by atoms with Crippen LogP contribution in [0.2, 0.25) is 0 Å². The van der Waals surface area contributed by atoms with Crippen LogP contribution in [0.1, 0.15) is 30.6 Å². The number of primary amides is 1. The van der Waals surface area contributed by atoms with Crippen molar-refractivity contribution in [1.82, 2.24) is 0 Å². The lowest BCUT2D eigenvalue weighted by Crippen LogP contribution is -2.33. The van der Waals surface area contributed by atoms with Gasteiger partial charge >= 0.3 is 5.97 Å². The van der Waals surface area contributed by atoms with Crippen molar-refractivity contribution in [3.63, 3.8) is 0 Å². The number of anilines is 1. The van der Waals surface area contributed by atoms with Gasteiger partial charge in [-0.1, -0.05) is 0 Å². The number of rotatable bonds is 7. The van der Waals surface area contributed by atoms with Crippen LogP contribution in [0.3, 0.4) is 0 Å². The molecule has 0 aliphatic heterocycles. The van der Waals surface area contributed by atoms with E-state index in [1.807, 2.05) is 0 Å². The third-order valence-electron chi connectivity index (χ3n) is 2.96. The molecular formula is C13H17N3O5. The van der Waals surface area contributed by atoms with E-state index in [0.29, 0.717) is 0 Å². The molecule has 0 saturated heterocycles. The first-order valence-electron chi connectivity index (χ1n) is 6.30. The van der Waals surface area contributed by atoms with Gasteiger partial charge in [0.15, 0.2) is 0 Å². The highest BCUT2D eigenvalue weighted by Crippen LogP contribution is 2.30. The maximum atomic E-state index is 11.2. The monoisotopic (exact) mass is 295 g/mol. The Kier molecular flexibility index (Phi) is 5.23. The van der Waals surface area contributed by atoms with E-state index in [4.69, 9.17) is 10.8 Å². The van der Waals surface area contributed by atoms with Crippen LogP contribution in [0, 0.1) is 10.1 Å². The molecule has 1 aromatic carbocycles. The molecule has 0 radical (unpaired) electrons. The van der Waals surface area contributed by atoms with Crippen molar-refractivity contribution in [2.24, 2.45) is 5.73 Å². The van der Waals surface area contributed by atoms with Gasteiger partial charge in [0.1, 0.15) is 5.69 Å². The first-order chi connectivity index (χ1) is 9.73. The molecule has 0 atom stereocenters. The normalized spacial score (nSPS) is 10.4. The molecular weight excluding hydrogens is 278 g/mol. The predicted molar refractivity (Wildman–Crippen MR) is 76.3 cm³/mol. The standard InChI is InChI=1S/C13H17N3O5/c1-8(2)15(6-5-12(17)18)11-7-9(13(14)19)3-4-10(11)16(20)21/h3-4,7-8H,5-6H2,1-2H3,(H2,14,19)(H,17,18). The molecule has 0 aromatic heterocycles. The minimum absolute atomic E-state index is 0.0933. The lowest BCUT2D eigenvalue weighted by Gasteiger charge is -2.28. The van der Waals surface area contributed by atoms with Crippen molar-refractivity contribution in [2.75, 3.05) is 11.4 Å². The number of nitrogens with two attached hydrogens (primary N) is 1. The lowest BCUT2D eigenvalue weighted by molar-refractivity contribution is -0.384. The van der Waals surface area contributed by atoms with E-state index in [-0.39, 0.29) is 35.9 Å². The van der Waals surface area contributed by atoms with Crippen LogP contribution >= 0.6 is 0 Å². The summed E-state index contributed by atoms with van der Waals surface area (Å²) < 4.78 is 0. The van der Waals surface area contributed by atoms with Gasteiger partial charge < -0.3 is 15.7 Å². The Morgan fingerprint density at radius 2 is 2.05 bits per heavy atom. The Labute approximate surface area is 121 Å². The van der Waals surface area contributed by atoms with Crippen LogP contribution in [-0.4, -0.2) is 34.5 Å². The zero-order valence-electron chi connectivity index (χ0n) is 11.8. The predicted octanol–water partition coefficient (Wildman–Crippen LogP) is 1.38. The summed E-state index contributed by atoms with van der Waals surface area (Å²) in [7, 11) is 0. The first kappa shape index (κ1) is 16.4. The number of carbonyl (C=O) groups excluding carboxylic acids is 1. The maximum Gasteiger partial charge on any atom is 0.305 e. The number of amides is 1. The highest BCUT2D eigenvalue weighted by Gasteiger charge is 2.23. The average molecular weight is 295 g/mol. The maximum absolute atomic E-state index is 11.2. The zero-order valence-corrected chi connectivity index (χ0v) is 11.8. The molecule has 0 heterocycles. The molecule has 0 spiro atoms. The largest absolute Gasteiger partial charge is 0.481 e. The third kappa shape index (κ3) is 4.16. The lowest BCUT2D eigenvalue weighted by atomic mass is 10.1. The number of nitrogens with zero attached hydrogens (tertiary/aromatic N) is 2. The topological polar surface area (TPSA) is 127 Å². The zero-order chi connectivity index (χ0) is 16.2. The molecule has 0 unspecified atom stereocenters. The summed E-state index contributed by atoms with van der Waals surface area (Å²) in [6.45, 7) is 3.65. The van der Waals surface area contributed by atoms with E-state index < -0.39 is 16.8 Å². The van der Waals surface area contributed by atoms with Crippen molar-refractivity contribution in [2.45, 2.75) is 26.3 Å². The average Bonchev–Trinajstić information content (AvgIpc) is 2.37. The molecule has 1 amide bonds. The van der Waals surface area contributed by atoms with Gasteiger partial charge in [-0.15, -0.1) is 0 Å². The molecule has 1 aromatic rings. The van der Waals surface area contributed by atoms with Crippen molar-refractivity contribution in [3.8, 4) is 0 Å². The van der Waals surface area contributed by atoms with Crippen molar-refractivity contribution in [3.05, 3.63) is 33.9 Å². The molecule has 114 valence electrons. The van der Waals surface area contributed by atoms with Gasteiger partial charge in [-0.3, -0.25) is 19.7 Å². The number of nitro groups is 1. The molecule has 0 aliphatic rings. The molecule has 0 aliphatic carbocycles. The molecule has 8 nitrogen and oxygen atoms in total. The number of hydrogen-bond donors (Lipinski definition) is 2. The Bertz CT molecular complexity index is 571. The first-order valence-corrected chi connectivity index (χ1v) is 6.30. The van der Waals surface area contributed by atoms with Crippen LogP contribution in [0.15, 0.2) is 18.2 Å². The van der Waals surface area contributed by atoms with Crippen LogP contribution in [0.25, 0.3) is 0 Å². The Balaban J connectivity index is 3.31. The number of carbonyl (C=O) groups is 2. The van der Waals surface area contributed by atoms with Gasteiger partial charge in [0.25, 0.3) is 5.69 Å². The van der Waals surface area contributed by atoms with E-state index in [0.717, 1.165) is 0 Å². The van der Waals surface area contributed by atoms with E-state index in [1.54, 1.807) is 18.7 Å². The Hall–Kier alpha value is -2.64. The summed E-state index contributed by atoms with van der Waals surface area (Å²) >= 11 is 0. The number of aliphatic carboxylic acids is 1. The summed E-state index contributed by atoms with van der Waals surface area (Å²) in [4.78, 5) is 34.1.